The average Bonchev–Trinajstić information content (AvgIpc) is 2.58. The van der Waals surface area contributed by atoms with E-state index in [1.165, 1.54) is 18.2 Å². The van der Waals surface area contributed by atoms with E-state index < -0.39 is 4.92 Å². The smallest absolute Gasteiger partial charge is 0.292 e. The third-order valence-electron chi connectivity index (χ3n) is 3.48. The Morgan fingerprint density at radius 3 is 2.50 bits per heavy atom. The van der Waals surface area contributed by atoms with Crippen molar-refractivity contribution in [1.29, 1.82) is 0 Å². The number of benzene rings is 2. The summed E-state index contributed by atoms with van der Waals surface area (Å²) in [5, 5.41) is 25.8. The maximum Gasteiger partial charge on any atom is 0.292 e. The largest absolute Gasteiger partial charge is 0.392 e. The second-order valence-corrected chi connectivity index (χ2v) is 5.32. The Morgan fingerprint density at radius 1 is 1.17 bits per heavy atom. The molecule has 0 aliphatic rings. The van der Waals surface area contributed by atoms with Gasteiger partial charge in [0, 0.05) is 24.7 Å². The molecule has 1 amide bonds. The SMILES string of the molecule is Cc1ccc(C(=O)NCCNc2cc(CO)ccc2[N+](=O)[O-])cc1. The van der Waals surface area contributed by atoms with Crippen molar-refractivity contribution >= 4 is 17.3 Å². The van der Waals surface area contributed by atoms with Gasteiger partial charge in [-0.15, -0.1) is 0 Å². The van der Waals surface area contributed by atoms with Crippen molar-refractivity contribution in [3.63, 3.8) is 0 Å². The molecule has 3 N–H and O–H groups in total. The van der Waals surface area contributed by atoms with Crippen molar-refractivity contribution in [1.82, 2.24) is 5.32 Å². The Bertz CT molecular complexity index is 729. The minimum atomic E-state index is -0.492. The van der Waals surface area contributed by atoms with Gasteiger partial charge in [-0.05, 0) is 36.8 Å². The maximum atomic E-state index is 12.0. The molecule has 0 radical (unpaired) electrons. The van der Waals surface area contributed by atoms with Crippen LogP contribution in [0.25, 0.3) is 0 Å². The Hall–Kier alpha value is -2.93. The first-order chi connectivity index (χ1) is 11.5. The number of nitro groups is 1. The van der Waals surface area contributed by atoms with Crippen LogP contribution in [0.2, 0.25) is 0 Å². The summed E-state index contributed by atoms with van der Waals surface area (Å²) in [6.07, 6.45) is 0. The molecule has 2 rings (SSSR count). The number of carbonyl (C=O) groups excluding carboxylic acids is 1. The highest BCUT2D eigenvalue weighted by molar-refractivity contribution is 5.94. The zero-order valence-corrected chi connectivity index (χ0v) is 13.3. The van der Waals surface area contributed by atoms with Gasteiger partial charge in [-0.2, -0.15) is 0 Å². The molecule has 0 aromatic heterocycles. The molecule has 0 unspecified atom stereocenters. The molecule has 0 saturated heterocycles. The number of amides is 1. The summed E-state index contributed by atoms with van der Waals surface area (Å²) in [6.45, 7) is 2.39. The quantitative estimate of drug-likeness (QED) is 0.410. The second kappa shape index (κ2) is 8.07. The normalized spacial score (nSPS) is 10.2. The standard InChI is InChI=1S/C17H19N3O4/c1-12-2-5-14(6-3-12)17(22)19-9-8-18-15-10-13(11-21)4-7-16(15)20(23)24/h2-7,10,18,21H,8-9,11H2,1H3,(H,19,22). The lowest BCUT2D eigenvalue weighted by atomic mass is 10.1. The summed E-state index contributed by atoms with van der Waals surface area (Å²) in [6, 6.07) is 11.6. The first kappa shape index (κ1) is 17.4. The number of anilines is 1. The number of rotatable bonds is 7. The third kappa shape index (κ3) is 4.53. The lowest BCUT2D eigenvalue weighted by Crippen LogP contribution is -2.28. The number of aryl methyl sites for hydroxylation is 1. The van der Waals surface area contributed by atoms with Crippen LogP contribution in [0.4, 0.5) is 11.4 Å². The molecule has 2 aromatic carbocycles. The van der Waals surface area contributed by atoms with Crippen LogP contribution in [0.3, 0.4) is 0 Å². The number of aliphatic hydroxyl groups is 1. The number of nitrogens with one attached hydrogen (secondary N) is 2. The minimum Gasteiger partial charge on any atom is -0.392 e. The molecule has 0 heterocycles. The van der Waals surface area contributed by atoms with Crippen molar-refractivity contribution in [3.05, 3.63) is 69.3 Å². The zero-order valence-electron chi connectivity index (χ0n) is 13.3. The number of nitrogens with zero attached hydrogens (tertiary/aromatic N) is 1. The van der Waals surface area contributed by atoms with Gasteiger partial charge in [0.05, 0.1) is 11.5 Å². The summed E-state index contributed by atoms with van der Waals surface area (Å²) >= 11 is 0. The fourth-order valence-corrected chi connectivity index (χ4v) is 2.16. The first-order valence-electron chi connectivity index (χ1n) is 7.48. The predicted molar refractivity (Wildman–Crippen MR) is 91.0 cm³/mol. The van der Waals surface area contributed by atoms with Crippen LogP contribution in [0.1, 0.15) is 21.5 Å². The average molecular weight is 329 g/mol. The fraction of sp³-hybridized carbons (Fsp3) is 0.235. The van der Waals surface area contributed by atoms with Crippen LogP contribution in [-0.2, 0) is 6.61 Å². The van der Waals surface area contributed by atoms with E-state index in [0.717, 1.165) is 5.56 Å². The summed E-state index contributed by atoms with van der Waals surface area (Å²) < 4.78 is 0. The van der Waals surface area contributed by atoms with E-state index in [4.69, 9.17) is 5.11 Å². The summed E-state index contributed by atoms with van der Waals surface area (Å²) in [5.41, 5.74) is 2.46. The molecule has 0 bridgehead atoms. The zero-order chi connectivity index (χ0) is 17.5. The van der Waals surface area contributed by atoms with E-state index in [0.29, 0.717) is 29.9 Å². The predicted octanol–water partition coefficient (Wildman–Crippen LogP) is 2.24. The lowest BCUT2D eigenvalue weighted by molar-refractivity contribution is -0.384. The number of hydrogen-bond acceptors (Lipinski definition) is 5. The molecule has 7 nitrogen and oxygen atoms in total. The van der Waals surface area contributed by atoms with Crippen LogP contribution >= 0.6 is 0 Å². The van der Waals surface area contributed by atoms with Crippen molar-refractivity contribution in [2.24, 2.45) is 0 Å². The summed E-state index contributed by atoms with van der Waals surface area (Å²) in [7, 11) is 0. The van der Waals surface area contributed by atoms with Gasteiger partial charge in [0.2, 0.25) is 0 Å². The van der Waals surface area contributed by atoms with Crippen LogP contribution in [0, 0.1) is 17.0 Å². The Labute approximate surface area is 139 Å². The van der Waals surface area contributed by atoms with Gasteiger partial charge in [-0.25, -0.2) is 0 Å². The monoisotopic (exact) mass is 329 g/mol. The van der Waals surface area contributed by atoms with Crippen LogP contribution in [0.15, 0.2) is 42.5 Å². The van der Waals surface area contributed by atoms with Crippen molar-refractivity contribution in [2.75, 3.05) is 18.4 Å². The number of aliphatic hydroxyl groups excluding tert-OH is 1. The Kier molecular flexibility index (Phi) is 5.86. The topological polar surface area (TPSA) is 104 Å². The van der Waals surface area contributed by atoms with Crippen LogP contribution in [-0.4, -0.2) is 29.0 Å². The number of carbonyl (C=O) groups is 1. The second-order valence-electron chi connectivity index (χ2n) is 5.32. The molecule has 7 heteroatoms. The van der Waals surface area contributed by atoms with Gasteiger partial charge < -0.3 is 15.7 Å². The molecular formula is C17H19N3O4. The molecule has 2 aromatic rings. The first-order valence-corrected chi connectivity index (χ1v) is 7.48. The van der Waals surface area contributed by atoms with Crippen LogP contribution < -0.4 is 10.6 Å². The van der Waals surface area contributed by atoms with Crippen molar-refractivity contribution < 1.29 is 14.8 Å². The highest BCUT2D eigenvalue weighted by Gasteiger charge is 2.13. The molecule has 0 atom stereocenters. The van der Waals surface area contributed by atoms with Crippen molar-refractivity contribution in [3.8, 4) is 0 Å². The van der Waals surface area contributed by atoms with E-state index in [-0.39, 0.29) is 18.2 Å². The van der Waals surface area contributed by atoms with E-state index >= 15 is 0 Å². The van der Waals surface area contributed by atoms with Gasteiger partial charge in [0.25, 0.3) is 11.6 Å². The lowest BCUT2D eigenvalue weighted by Gasteiger charge is -2.10. The van der Waals surface area contributed by atoms with E-state index in [1.54, 1.807) is 12.1 Å². The number of hydrogen-bond donors (Lipinski definition) is 3. The molecule has 0 spiro atoms. The van der Waals surface area contributed by atoms with Gasteiger partial charge in [0.15, 0.2) is 0 Å². The fourth-order valence-electron chi connectivity index (χ4n) is 2.16. The molecule has 0 aliphatic heterocycles. The van der Waals surface area contributed by atoms with Crippen molar-refractivity contribution in [2.45, 2.75) is 13.5 Å². The maximum absolute atomic E-state index is 12.0. The Morgan fingerprint density at radius 2 is 1.88 bits per heavy atom. The highest BCUT2D eigenvalue weighted by atomic mass is 16.6. The molecule has 0 saturated carbocycles. The van der Waals surface area contributed by atoms with Gasteiger partial charge in [-0.3, -0.25) is 14.9 Å². The van der Waals surface area contributed by atoms with Gasteiger partial charge in [0.1, 0.15) is 5.69 Å². The van der Waals surface area contributed by atoms with Gasteiger partial charge >= 0.3 is 0 Å². The third-order valence-corrected chi connectivity index (χ3v) is 3.48. The molecular weight excluding hydrogens is 310 g/mol. The van der Waals surface area contributed by atoms with E-state index in [1.807, 2.05) is 19.1 Å². The van der Waals surface area contributed by atoms with E-state index in [9.17, 15) is 14.9 Å². The number of nitro benzene ring substituents is 1. The molecule has 0 aliphatic carbocycles. The Balaban J connectivity index is 1.91. The molecule has 24 heavy (non-hydrogen) atoms. The van der Waals surface area contributed by atoms with E-state index in [2.05, 4.69) is 10.6 Å². The van der Waals surface area contributed by atoms with Crippen LogP contribution in [0.5, 0.6) is 0 Å². The molecule has 126 valence electrons. The highest BCUT2D eigenvalue weighted by Crippen LogP contribution is 2.25. The summed E-state index contributed by atoms with van der Waals surface area (Å²) in [4.78, 5) is 22.5. The molecule has 0 fully saturated rings. The minimum absolute atomic E-state index is 0.0722. The van der Waals surface area contributed by atoms with Gasteiger partial charge in [-0.1, -0.05) is 17.7 Å². The summed E-state index contributed by atoms with van der Waals surface area (Å²) in [5.74, 6) is -0.199.